The molecule has 0 unspecified atom stereocenters. The van der Waals surface area contributed by atoms with Crippen LogP contribution in [0.1, 0.15) is 5.56 Å². The summed E-state index contributed by atoms with van der Waals surface area (Å²) < 4.78 is 36.0. The summed E-state index contributed by atoms with van der Waals surface area (Å²) in [6, 6.07) is 10.3. The van der Waals surface area contributed by atoms with Crippen LogP contribution in [-0.2, 0) is 0 Å². The molecule has 0 radical (unpaired) electrons. The lowest BCUT2D eigenvalue weighted by Crippen LogP contribution is -2.68. The Bertz CT molecular complexity index is 492. The molecule has 1 aromatic carbocycles. The van der Waals surface area contributed by atoms with Crippen LogP contribution in [-0.4, -0.2) is 24.9 Å². The summed E-state index contributed by atoms with van der Waals surface area (Å²) in [6.07, 6.45) is 14.2. The van der Waals surface area contributed by atoms with Crippen LogP contribution < -0.4 is 18.6 Å². The predicted octanol–water partition coefficient (Wildman–Crippen LogP) is -1.60. The third-order valence-electron chi connectivity index (χ3n) is 1.92. The van der Waals surface area contributed by atoms with Gasteiger partial charge in [0.1, 0.15) is 14.1 Å². The van der Waals surface area contributed by atoms with E-state index in [9.17, 15) is 0 Å². The average Bonchev–Trinajstić information content (AvgIpc) is 2.36. The zero-order valence-electron chi connectivity index (χ0n) is 11.9. The number of rotatable bonds is 4. The topological polar surface area (TPSA) is 95.2 Å². The molecule has 6 heteroatoms. The second-order valence-corrected chi connectivity index (χ2v) is 4.79. The molecule has 21 heavy (non-hydrogen) atoms. The Kier molecular flexibility index (Phi) is 10.0. The Balaban J connectivity index is 0.000000690. The summed E-state index contributed by atoms with van der Waals surface area (Å²) in [6.45, 7) is 0. The molecule has 0 fully saturated rings. The summed E-state index contributed by atoms with van der Waals surface area (Å²) >= 11 is 0. The van der Waals surface area contributed by atoms with Gasteiger partial charge in [-0.1, -0.05) is 60.7 Å². The molecule has 0 amide bonds. The lowest BCUT2D eigenvalue weighted by atomic mass is 10.2. The highest BCUT2D eigenvalue weighted by atomic mass is 35.7. The van der Waals surface area contributed by atoms with E-state index < -0.39 is 10.2 Å². The summed E-state index contributed by atoms with van der Waals surface area (Å²) in [7, 11) is -0.938. The quantitative estimate of drug-likeness (QED) is 0.380. The zero-order valence-corrected chi connectivity index (χ0v) is 12.6. The third kappa shape index (κ3) is 18.2. The first-order valence-corrected chi connectivity index (χ1v) is 7.20. The Labute approximate surface area is 126 Å². The molecule has 0 aliphatic carbocycles. The van der Waals surface area contributed by atoms with Crippen LogP contribution in [0.25, 0.3) is 6.08 Å². The highest BCUT2D eigenvalue weighted by Gasteiger charge is 1.84. The molecular weight excluding hydrogens is 294 g/mol. The first-order chi connectivity index (χ1) is 9.79. The molecule has 0 heterocycles. The molecule has 0 saturated carbocycles. The first-order valence-electron chi connectivity index (χ1n) is 5.97. The van der Waals surface area contributed by atoms with Gasteiger partial charge in [-0.3, -0.25) is 0 Å². The largest absolute Gasteiger partial charge is 0.241 e. The Morgan fingerprint density at radius 3 is 1.81 bits per heavy atom. The van der Waals surface area contributed by atoms with Crippen molar-refractivity contribution in [3.63, 3.8) is 0 Å². The average molecular weight is 312 g/mol. The van der Waals surface area contributed by atoms with E-state index in [0.29, 0.717) is 0 Å². The molecule has 0 aliphatic rings. The summed E-state index contributed by atoms with van der Waals surface area (Å²) in [5, 5.41) is 0. The van der Waals surface area contributed by atoms with E-state index in [0.717, 1.165) is 0 Å². The van der Waals surface area contributed by atoms with Crippen molar-refractivity contribution in [3.05, 3.63) is 66.3 Å². The van der Waals surface area contributed by atoms with Gasteiger partial charge < -0.3 is 0 Å². The van der Waals surface area contributed by atoms with Gasteiger partial charge in [0.05, 0.1) is 0 Å². The van der Waals surface area contributed by atoms with Gasteiger partial charge in [0.15, 0.2) is 6.21 Å². The molecule has 0 saturated heterocycles. The maximum absolute atomic E-state index is 8.49. The SMILES string of the molecule is C[N+](C)=C/C=C/C=C/C=C/c1ccccc1.[O-][Cl+3]([O-])([O-])[O-]. The van der Waals surface area contributed by atoms with E-state index in [2.05, 4.69) is 18.2 Å². The van der Waals surface area contributed by atoms with Crippen molar-refractivity contribution in [1.29, 1.82) is 0 Å². The van der Waals surface area contributed by atoms with Gasteiger partial charge in [0.2, 0.25) is 0 Å². The second kappa shape index (κ2) is 11.0. The normalized spacial score (nSPS) is 11.7. The second-order valence-electron chi connectivity index (χ2n) is 4.03. The van der Waals surface area contributed by atoms with Crippen LogP contribution >= 0.6 is 0 Å². The van der Waals surface area contributed by atoms with Crippen LogP contribution in [0.15, 0.2) is 60.7 Å². The minimum absolute atomic E-state index is 1.22. The van der Waals surface area contributed by atoms with Gasteiger partial charge in [-0.25, -0.2) is 23.2 Å². The number of allylic oxidation sites excluding steroid dienone is 5. The van der Waals surface area contributed by atoms with Gasteiger partial charge >= 0.3 is 0 Å². The predicted molar refractivity (Wildman–Crippen MR) is 71.9 cm³/mol. The van der Waals surface area contributed by atoms with Crippen LogP contribution in [0.3, 0.4) is 0 Å². The molecule has 0 bridgehead atoms. The Morgan fingerprint density at radius 1 is 0.810 bits per heavy atom. The van der Waals surface area contributed by atoms with Gasteiger partial charge in [0, 0.05) is 6.08 Å². The molecule has 0 atom stereocenters. The standard InChI is InChI=1S/C15H18N.ClHO4/c1-16(2)14-10-5-3-4-7-11-15-12-8-6-9-13-15;2-1(3,4)5/h3-14H,1-2H3;(H,2,3,4,5)/q+1;/p-1/b4-3+,10-5+,11-7+;. The summed E-state index contributed by atoms with van der Waals surface area (Å²) in [4.78, 5) is 0. The van der Waals surface area contributed by atoms with Crippen molar-refractivity contribution < 1.29 is 33.5 Å². The highest BCUT2D eigenvalue weighted by Crippen LogP contribution is 2.00. The van der Waals surface area contributed by atoms with Crippen LogP contribution in [0, 0.1) is 10.2 Å². The van der Waals surface area contributed by atoms with Crippen LogP contribution in [0.2, 0.25) is 0 Å². The van der Waals surface area contributed by atoms with E-state index >= 15 is 0 Å². The van der Waals surface area contributed by atoms with E-state index in [4.69, 9.17) is 18.6 Å². The minimum Gasteiger partial charge on any atom is -0.241 e. The van der Waals surface area contributed by atoms with Gasteiger partial charge in [-0.15, -0.1) is 10.2 Å². The molecule has 5 nitrogen and oxygen atoms in total. The van der Waals surface area contributed by atoms with E-state index in [1.807, 2.05) is 73.5 Å². The molecule has 114 valence electrons. The smallest absolute Gasteiger partial charge is 0.162 e. The van der Waals surface area contributed by atoms with Crippen molar-refractivity contribution in [1.82, 2.24) is 0 Å². The van der Waals surface area contributed by atoms with E-state index in [1.165, 1.54) is 5.56 Å². The lowest BCUT2D eigenvalue weighted by molar-refractivity contribution is -2.00. The Morgan fingerprint density at radius 2 is 1.29 bits per heavy atom. The molecule has 1 aromatic rings. The zero-order chi connectivity index (χ0) is 16.1. The maximum Gasteiger partial charge on any atom is 0.162 e. The van der Waals surface area contributed by atoms with Crippen molar-refractivity contribution in [2.45, 2.75) is 0 Å². The summed E-state index contributed by atoms with van der Waals surface area (Å²) in [5.41, 5.74) is 1.22. The van der Waals surface area contributed by atoms with Crippen molar-refractivity contribution in [2.75, 3.05) is 14.1 Å². The number of benzene rings is 1. The van der Waals surface area contributed by atoms with Crippen molar-refractivity contribution >= 4 is 12.3 Å². The lowest BCUT2D eigenvalue weighted by Gasteiger charge is -2.17. The van der Waals surface area contributed by atoms with Gasteiger partial charge in [-0.05, 0) is 5.56 Å². The number of nitrogens with zero attached hydrogens (tertiary/aromatic N) is 1. The van der Waals surface area contributed by atoms with Crippen molar-refractivity contribution in [2.24, 2.45) is 0 Å². The van der Waals surface area contributed by atoms with E-state index in [-0.39, 0.29) is 0 Å². The Hall–Kier alpha value is -1.76. The van der Waals surface area contributed by atoms with Gasteiger partial charge in [0.25, 0.3) is 0 Å². The summed E-state index contributed by atoms with van der Waals surface area (Å²) in [5.74, 6) is 0. The van der Waals surface area contributed by atoms with Crippen LogP contribution in [0.4, 0.5) is 0 Å². The fourth-order valence-corrected chi connectivity index (χ4v) is 1.15. The maximum atomic E-state index is 8.49. The third-order valence-corrected chi connectivity index (χ3v) is 1.92. The fourth-order valence-electron chi connectivity index (χ4n) is 1.15. The minimum atomic E-state index is -4.94. The first kappa shape index (κ1) is 19.2. The number of hydrogen-bond donors (Lipinski definition) is 0. The molecule has 1 rings (SSSR count). The van der Waals surface area contributed by atoms with Gasteiger partial charge in [-0.2, -0.15) is 0 Å². The molecular formula is C15H18ClNO4. The molecule has 0 N–H and O–H groups in total. The van der Waals surface area contributed by atoms with Crippen LogP contribution in [0.5, 0.6) is 0 Å². The molecule has 0 aliphatic heterocycles. The van der Waals surface area contributed by atoms with Crippen molar-refractivity contribution in [3.8, 4) is 0 Å². The number of hydrogen-bond acceptors (Lipinski definition) is 4. The van der Waals surface area contributed by atoms with E-state index in [1.54, 1.807) is 0 Å². The molecule has 0 spiro atoms. The number of halogens is 1. The highest BCUT2D eigenvalue weighted by molar-refractivity contribution is 5.66. The molecule has 0 aromatic heterocycles. The monoisotopic (exact) mass is 311 g/mol. The fraction of sp³-hybridized carbons (Fsp3) is 0.133.